The molecule has 0 radical (unpaired) electrons. The van der Waals surface area contributed by atoms with Crippen LogP contribution in [0.4, 0.5) is 0 Å². The Morgan fingerprint density at radius 2 is 1.57 bits per heavy atom. The van der Waals surface area contributed by atoms with Crippen LogP contribution in [0.15, 0.2) is 24.3 Å². The minimum atomic E-state index is -0.103. The van der Waals surface area contributed by atoms with Crippen molar-refractivity contribution in [1.82, 2.24) is 9.78 Å². The molecule has 0 bridgehead atoms. The highest BCUT2D eigenvalue weighted by atomic mass is 35.5. The zero-order chi connectivity index (χ0) is 15.3. The molecule has 0 saturated carbocycles. The Morgan fingerprint density at radius 1 is 0.952 bits per heavy atom. The highest BCUT2D eigenvalue weighted by Gasteiger charge is 2.20. The van der Waals surface area contributed by atoms with Gasteiger partial charge in [-0.25, -0.2) is 4.68 Å². The summed E-state index contributed by atoms with van der Waals surface area (Å²) in [5, 5.41) is 24.4. The fourth-order valence-electron chi connectivity index (χ4n) is 1.99. The molecule has 2 N–H and O–H groups in total. The Bertz CT molecular complexity index is 853. The molecule has 0 aliphatic carbocycles. The van der Waals surface area contributed by atoms with Gasteiger partial charge >= 0.3 is 0 Å². The molecule has 1 aromatic heterocycles. The molecular weight excluding hydrogens is 358 g/mol. The molecule has 0 spiro atoms. The van der Waals surface area contributed by atoms with Crippen molar-refractivity contribution in [3.8, 4) is 17.2 Å². The SMILES string of the molecule is Oc1cc(Cl)c(-n2nc3ccc(O)c(Cl)c3c2Cl)c(Cl)c1. The molecule has 21 heavy (non-hydrogen) atoms. The van der Waals surface area contributed by atoms with Gasteiger partial charge in [-0.1, -0.05) is 46.4 Å². The number of benzene rings is 2. The number of aromatic nitrogens is 2. The van der Waals surface area contributed by atoms with E-state index in [2.05, 4.69) is 5.10 Å². The van der Waals surface area contributed by atoms with Crippen LogP contribution >= 0.6 is 46.4 Å². The molecule has 0 amide bonds. The van der Waals surface area contributed by atoms with E-state index >= 15 is 0 Å². The first-order valence-electron chi connectivity index (χ1n) is 5.64. The van der Waals surface area contributed by atoms with Crippen LogP contribution in [0, 0.1) is 0 Å². The Labute approximate surface area is 139 Å². The summed E-state index contributed by atoms with van der Waals surface area (Å²) in [4.78, 5) is 0. The van der Waals surface area contributed by atoms with Crippen LogP contribution in [0.5, 0.6) is 11.5 Å². The molecule has 0 fully saturated rings. The quantitative estimate of drug-likeness (QED) is 0.635. The van der Waals surface area contributed by atoms with Gasteiger partial charge in [0.25, 0.3) is 0 Å². The molecule has 8 heteroatoms. The second-order valence-corrected chi connectivity index (χ2v) is 5.80. The number of hydrogen-bond acceptors (Lipinski definition) is 3. The first kappa shape index (κ1) is 14.6. The molecule has 1 heterocycles. The van der Waals surface area contributed by atoms with Gasteiger partial charge < -0.3 is 10.2 Å². The van der Waals surface area contributed by atoms with Gasteiger partial charge in [-0.3, -0.25) is 0 Å². The van der Waals surface area contributed by atoms with Crippen molar-refractivity contribution in [2.45, 2.75) is 0 Å². The third-order valence-electron chi connectivity index (χ3n) is 2.91. The van der Waals surface area contributed by atoms with Gasteiger partial charge in [0.1, 0.15) is 22.3 Å². The van der Waals surface area contributed by atoms with Gasteiger partial charge in [0.2, 0.25) is 0 Å². The van der Waals surface area contributed by atoms with E-state index in [9.17, 15) is 10.2 Å². The third-order valence-corrected chi connectivity index (χ3v) is 4.22. The summed E-state index contributed by atoms with van der Waals surface area (Å²) in [6, 6.07) is 5.63. The minimum absolute atomic E-state index is 0.0720. The summed E-state index contributed by atoms with van der Waals surface area (Å²) >= 11 is 24.5. The number of fused-ring (bicyclic) bond motifs is 1. The molecule has 0 unspecified atom stereocenters. The number of nitrogens with zero attached hydrogens (tertiary/aromatic N) is 2. The first-order chi connectivity index (χ1) is 9.90. The lowest BCUT2D eigenvalue weighted by atomic mass is 10.2. The summed E-state index contributed by atoms with van der Waals surface area (Å²) in [6.45, 7) is 0. The van der Waals surface area contributed by atoms with Crippen LogP contribution in [-0.2, 0) is 0 Å². The van der Waals surface area contributed by atoms with Crippen LogP contribution in [0.3, 0.4) is 0 Å². The van der Waals surface area contributed by atoms with E-state index in [1.807, 2.05) is 0 Å². The van der Waals surface area contributed by atoms with Crippen molar-refractivity contribution < 1.29 is 10.2 Å². The van der Waals surface area contributed by atoms with Crippen molar-refractivity contribution in [2.75, 3.05) is 0 Å². The largest absolute Gasteiger partial charge is 0.508 e. The van der Waals surface area contributed by atoms with Crippen molar-refractivity contribution in [3.63, 3.8) is 0 Å². The average Bonchev–Trinajstić information content (AvgIpc) is 2.71. The Hall–Kier alpha value is -1.33. The van der Waals surface area contributed by atoms with Crippen LogP contribution in [-0.4, -0.2) is 20.0 Å². The fraction of sp³-hybridized carbons (Fsp3) is 0. The molecular formula is C13H6Cl4N2O2. The molecule has 0 atom stereocenters. The predicted molar refractivity (Wildman–Crippen MR) is 84.4 cm³/mol. The van der Waals surface area contributed by atoms with Gasteiger partial charge in [-0.15, -0.1) is 0 Å². The van der Waals surface area contributed by atoms with Gasteiger partial charge in [0.15, 0.2) is 0 Å². The van der Waals surface area contributed by atoms with E-state index in [1.54, 1.807) is 6.07 Å². The topological polar surface area (TPSA) is 58.3 Å². The van der Waals surface area contributed by atoms with E-state index in [1.165, 1.54) is 22.9 Å². The molecule has 2 aromatic carbocycles. The van der Waals surface area contributed by atoms with Crippen LogP contribution in [0.1, 0.15) is 0 Å². The molecule has 4 nitrogen and oxygen atoms in total. The Morgan fingerprint density at radius 3 is 2.19 bits per heavy atom. The first-order valence-corrected chi connectivity index (χ1v) is 7.15. The maximum atomic E-state index is 9.65. The van der Waals surface area contributed by atoms with Crippen molar-refractivity contribution in [1.29, 1.82) is 0 Å². The maximum Gasteiger partial charge on any atom is 0.142 e. The number of rotatable bonds is 1. The summed E-state index contributed by atoms with van der Waals surface area (Å²) in [5.74, 6) is -0.175. The van der Waals surface area contributed by atoms with Gasteiger partial charge in [0, 0.05) is 12.1 Å². The monoisotopic (exact) mass is 362 g/mol. The molecule has 0 aliphatic heterocycles. The van der Waals surface area contributed by atoms with E-state index in [4.69, 9.17) is 46.4 Å². The number of aromatic hydroxyl groups is 2. The molecule has 108 valence electrons. The molecule has 0 saturated heterocycles. The van der Waals surface area contributed by atoms with E-state index < -0.39 is 0 Å². The summed E-state index contributed by atoms with van der Waals surface area (Å²) in [5.41, 5.74) is 0.788. The van der Waals surface area contributed by atoms with Crippen molar-refractivity contribution >= 4 is 57.3 Å². The molecule has 3 aromatic rings. The normalized spacial score (nSPS) is 11.2. The number of halogens is 4. The lowest BCUT2D eigenvalue weighted by Gasteiger charge is -2.08. The maximum absolute atomic E-state index is 9.65. The second-order valence-electron chi connectivity index (χ2n) is 4.25. The molecule has 0 aliphatic rings. The lowest BCUT2D eigenvalue weighted by molar-refractivity contribution is 0.475. The summed E-state index contributed by atoms with van der Waals surface area (Å²) < 4.78 is 1.31. The van der Waals surface area contributed by atoms with Crippen molar-refractivity contribution in [2.24, 2.45) is 0 Å². The lowest BCUT2D eigenvalue weighted by Crippen LogP contribution is -1.98. The number of hydrogen-bond donors (Lipinski definition) is 2. The number of phenols is 2. The van der Waals surface area contributed by atoms with Gasteiger partial charge in [-0.05, 0) is 12.1 Å². The minimum Gasteiger partial charge on any atom is -0.508 e. The smallest absolute Gasteiger partial charge is 0.142 e. The predicted octanol–water partition coefficient (Wildman–Crippen LogP) is 5.05. The van der Waals surface area contributed by atoms with Crippen LogP contribution < -0.4 is 0 Å². The fourth-order valence-corrected chi connectivity index (χ4v) is 3.24. The standard InChI is InChI=1S/C13H6Cl4N2O2/c14-6-3-5(20)4-7(15)12(6)19-13(17)10-8(18-19)1-2-9(21)11(10)16/h1-4,20-21H. The van der Waals surface area contributed by atoms with Crippen LogP contribution in [0.2, 0.25) is 20.2 Å². The number of phenolic OH excluding ortho intramolecular Hbond substituents is 2. The van der Waals surface area contributed by atoms with E-state index in [0.29, 0.717) is 16.6 Å². The van der Waals surface area contributed by atoms with Gasteiger partial charge in [0.05, 0.1) is 26.0 Å². The zero-order valence-electron chi connectivity index (χ0n) is 10.1. The van der Waals surface area contributed by atoms with E-state index in [-0.39, 0.29) is 31.7 Å². The average molecular weight is 364 g/mol. The summed E-state index contributed by atoms with van der Waals surface area (Å²) in [7, 11) is 0. The Kier molecular flexibility index (Phi) is 3.58. The second kappa shape index (κ2) is 5.14. The highest BCUT2D eigenvalue weighted by molar-refractivity contribution is 6.43. The highest BCUT2D eigenvalue weighted by Crippen LogP contribution is 2.40. The summed E-state index contributed by atoms with van der Waals surface area (Å²) in [6.07, 6.45) is 0. The Balaban J connectivity index is 2.37. The van der Waals surface area contributed by atoms with Gasteiger partial charge in [-0.2, -0.15) is 5.10 Å². The van der Waals surface area contributed by atoms with E-state index in [0.717, 1.165) is 0 Å². The zero-order valence-corrected chi connectivity index (χ0v) is 13.1. The third kappa shape index (κ3) is 2.28. The van der Waals surface area contributed by atoms with Crippen molar-refractivity contribution in [3.05, 3.63) is 44.5 Å². The van der Waals surface area contributed by atoms with Crippen LogP contribution in [0.25, 0.3) is 16.6 Å². The molecule has 3 rings (SSSR count).